The van der Waals surface area contributed by atoms with E-state index >= 15 is 0 Å². The van der Waals surface area contributed by atoms with E-state index in [4.69, 9.17) is 11.6 Å². The Bertz CT molecular complexity index is 359. The third-order valence-electron chi connectivity index (χ3n) is 2.91. The summed E-state index contributed by atoms with van der Waals surface area (Å²) in [5, 5.41) is 0. The summed E-state index contributed by atoms with van der Waals surface area (Å²) in [5.74, 6) is 0.601. The fourth-order valence-electron chi connectivity index (χ4n) is 2.16. The first kappa shape index (κ1) is 10.6. The molecule has 0 saturated carbocycles. The van der Waals surface area contributed by atoms with Crippen molar-refractivity contribution in [2.75, 3.05) is 17.3 Å². The van der Waals surface area contributed by atoms with E-state index < -0.39 is 0 Å². The maximum absolute atomic E-state index is 5.62. The number of benzene rings is 1. The molecule has 0 saturated heterocycles. The van der Waals surface area contributed by atoms with Crippen LogP contribution in [-0.2, 0) is 6.42 Å². The maximum atomic E-state index is 5.62. The molecule has 1 heterocycles. The fourth-order valence-corrected chi connectivity index (χ4v) is 2.28. The molecule has 80 valence electrons. The summed E-state index contributed by atoms with van der Waals surface area (Å²) in [6.45, 7) is 3.24. The second kappa shape index (κ2) is 4.71. The Kier molecular flexibility index (Phi) is 3.32. The van der Waals surface area contributed by atoms with Gasteiger partial charge in [0.05, 0.1) is 0 Å². The maximum Gasteiger partial charge on any atom is 0.0404 e. The molecule has 1 aliphatic rings. The Morgan fingerprint density at radius 2 is 2.20 bits per heavy atom. The molecule has 1 nitrogen and oxygen atoms in total. The van der Waals surface area contributed by atoms with Crippen LogP contribution in [0.4, 0.5) is 5.69 Å². The molecule has 0 fully saturated rings. The monoisotopic (exact) mass is 221 g/mol. The summed E-state index contributed by atoms with van der Waals surface area (Å²) in [4.78, 5) is 2.43. The minimum absolute atomic E-state index is 0.599. The number of rotatable bonds is 3. The van der Waals surface area contributed by atoms with Crippen molar-refractivity contribution in [1.82, 2.24) is 0 Å². The minimum atomic E-state index is 0.599. The highest BCUT2D eigenvalue weighted by atomic mass is 35.5. The van der Waals surface area contributed by atoms with Crippen LogP contribution in [0.15, 0.2) is 36.4 Å². The number of hydrogen-bond acceptors (Lipinski definition) is 1. The zero-order chi connectivity index (χ0) is 10.7. The summed E-state index contributed by atoms with van der Waals surface area (Å²) in [6.07, 6.45) is 5.31. The quantitative estimate of drug-likeness (QED) is 0.560. The summed E-state index contributed by atoms with van der Waals surface area (Å²) in [5.41, 5.74) is 2.84. The highest BCUT2D eigenvalue weighted by Gasteiger charge is 2.23. The van der Waals surface area contributed by atoms with Gasteiger partial charge in [-0.05, 0) is 25.0 Å². The normalized spacial score (nSPS) is 19.9. The Morgan fingerprint density at radius 3 is 3.00 bits per heavy atom. The summed E-state index contributed by atoms with van der Waals surface area (Å²) >= 11 is 5.62. The number of fused-ring (bicyclic) bond motifs is 1. The molecule has 0 aliphatic carbocycles. The molecule has 0 bridgehead atoms. The Balaban J connectivity index is 2.15. The van der Waals surface area contributed by atoms with Crippen molar-refractivity contribution >= 4 is 17.3 Å². The van der Waals surface area contributed by atoms with Crippen molar-refractivity contribution in [2.24, 2.45) is 0 Å². The largest absolute Gasteiger partial charge is 0.365 e. The lowest BCUT2D eigenvalue weighted by Crippen LogP contribution is -2.29. The molecule has 0 aromatic heterocycles. The van der Waals surface area contributed by atoms with Crippen LogP contribution < -0.4 is 4.90 Å². The van der Waals surface area contributed by atoms with Gasteiger partial charge in [0.25, 0.3) is 0 Å². The van der Waals surface area contributed by atoms with Gasteiger partial charge in [0, 0.05) is 24.2 Å². The van der Waals surface area contributed by atoms with Crippen molar-refractivity contribution in [2.45, 2.75) is 19.4 Å². The molecule has 2 rings (SSSR count). The first-order valence-electron chi connectivity index (χ1n) is 5.38. The van der Waals surface area contributed by atoms with Crippen LogP contribution in [0.2, 0.25) is 0 Å². The Hall–Kier alpha value is -0.950. The van der Waals surface area contributed by atoms with Crippen LogP contribution in [-0.4, -0.2) is 18.5 Å². The molecule has 0 radical (unpaired) electrons. The molecule has 1 atom stereocenters. The number of hydrogen-bond donors (Lipinski definition) is 0. The third-order valence-corrected chi connectivity index (χ3v) is 3.08. The summed E-state index contributed by atoms with van der Waals surface area (Å²) in [7, 11) is 0. The average Bonchev–Trinajstić information content (AvgIpc) is 2.56. The second-order valence-electron chi connectivity index (χ2n) is 3.96. The number of para-hydroxylation sites is 1. The first-order chi connectivity index (χ1) is 7.33. The number of anilines is 1. The third kappa shape index (κ3) is 2.18. The molecule has 0 N–H and O–H groups in total. The van der Waals surface area contributed by atoms with Crippen molar-refractivity contribution in [3.05, 3.63) is 42.0 Å². The smallest absolute Gasteiger partial charge is 0.0404 e. The van der Waals surface area contributed by atoms with Crippen molar-refractivity contribution in [3.63, 3.8) is 0 Å². The standard InChI is InChI=1S/C13H16ClN/c1-11-10-12-6-2-3-7-13(12)15(11)9-5-4-8-14/h2-7,11H,8-10H2,1H3. The minimum Gasteiger partial charge on any atom is -0.365 e. The van der Waals surface area contributed by atoms with E-state index in [2.05, 4.69) is 42.2 Å². The van der Waals surface area contributed by atoms with E-state index in [0.717, 1.165) is 13.0 Å². The molecule has 2 heteroatoms. The highest BCUT2D eigenvalue weighted by Crippen LogP contribution is 2.31. The van der Waals surface area contributed by atoms with Gasteiger partial charge in [-0.15, -0.1) is 11.6 Å². The van der Waals surface area contributed by atoms with Crippen LogP contribution >= 0.6 is 11.6 Å². The van der Waals surface area contributed by atoms with Crippen molar-refractivity contribution < 1.29 is 0 Å². The molecule has 1 aliphatic heterocycles. The van der Waals surface area contributed by atoms with Crippen LogP contribution in [0.25, 0.3) is 0 Å². The molecule has 1 aromatic carbocycles. The predicted octanol–water partition coefficient (Wildman–Crippen LogP) is 3.23. The lowest BCUT2D eigenvalue weighted by Gasteiger charge is -2.23. The van der Waals surface area contributed by atoms with E-state index in [9.17, 15) is 0 Å². The van der Waals surface area contributed by atoms with Crippen LogP contribution in [0.5, 0.6) is 0 Å². The van der Waals surface area contributed by atoms with Crippen molar-refractivity contribution in [1.29, 1.82) is 0 Å². The Morgan fingerprint density at radius 1 is 1.40 bits per heavy atom. The second-order valence-corrected chi connectivity index (χ2v) is 4.27. The average molecular weight is 222 g/mol. The lowest BCUT2D eigenvalue weighted by atomic mass is 10.1. The molecule has 0 amide bonds. The zero-order valence-electron chi connectivity index (χ0n) is 8.99. The first-order valence-corrected chi connectivity index (χ1v) is 5.92. The van der Waals surface area contributed by atoms with Gasteiger partial charge in [0.1, 0.15) is 0 Å². The topological polar surface area (TPSA) is 3.24 Å². The predicted molar refractivity (Wildman–Crippen MR) is 66.8 cm³/mol. The highest BCUT2D eigenvalue weighted by molar-refractivity contribution is 6.18. The van der Waals surface area contributed by atoms with Gasteiger partial charge in [0.2, 0.25) is 0 Å². The molecule has 1 unspecified atom stereocenters. The Labute approximate surface area is 96.4 Å². The number of alkyl halides is 1. The van der Waals surface area contributed by atoms with E-state index in [0.29, 0.717) is 11.9 Å². The number of allylic oxidation sites excluding steroid dienone is 1. The molecular formula is C13H16ClN. The molecule has 1 aromatic rings. The molecular weight excluding hydrogens is 206 g/mol. The van der Waals surface area contributed by atoms with E-state index in [1.807, 2.05) is 6.08 Å². The van der Waals surface area contributed by atoms with E-state index in [-0.39, 0.29) is 0 Å². The lowest BCUT2D eigenvalue weighted by molar-refractivity contribution is 0.706. The van der Waals surface area contributed by atoms with Gasteiger partial charge in [-0.25, -0.2) is 0 Å². The van der Waals surface area contributed by atoms with Gasteiger partial charge in [-0.2, -0.15) is 0 Å². The summed E-state index contributed by atoms with van der Waals surface area (Å²) < 4.78 is 0. The number of halogens is 1. The fraction of sp³-hybridized carbons (Fsp3) is 0.385. The van der Waals surface area contributed by atoms with Gasteiger partial charge in [-0.1, -0.05) is 30.4 Å². The van der Waals surface area contributed by atoms with Crippen LogP contribution in [0, 0.1) is 0 Å². The molecule has 15 heavy (non-hydrogen) atoms. The summed E-state index contributed by atoms with van der Waals surface area (Å²) in [6, 6.07) is 9.24. The van der Waals surface area contributed by atoms with Gasteiger partial charge in [0.15, 0.2) is 0 Å². The van der Waals surface area contributed by atoms with Crippen LogP contribution in [0.1, 0.15) is 12.5 Å². The van der Waals surface area contributed by atoms with Crippen molar-refractivity contribution in [3.8, 4) is 0 Å². The van der Waals surface area contributed by atoms with E-state index in [1.165, 1.54) is 11.3 Å². The van der Waals surface area contributed by atoms with Crippen LogP contribution in [0.3, 0.4) is 0 Å². The zero-order valence-corrected chi connectivity index (χ0v) is 9.74. The van der Waals surface area contributed by atoms with E-state index in [1.54, 1.807) is 0 Å². The van der Waals surface area contributed by atoms with Gasteiger partial charge >= 0.3 is 0 Å². The van der Waals surface area contributed by atoms with Gasteiger partial charge < -0.3 is 4.90 Å². The van der Waals surface area contributed by atoms with Gasteiger partial charge in [-0.3, -0.25) is 0 Å². The number of nitrogens with zero attached hydrogens (tertiary/aromatic N) is 1. The SMILES string of the molecule is CC1Cc2ccccc2N1CC=CCCl. The molecule has 0 spiro atoms.